The molecule has 2 rings (SSSR count). The van der Waals surface area contributed by atoms with Crippen LogP contribution in [-0.2, 0) is 6.61 Å². The molecule has 0 N–H and O–H groups in total. The first-order valence-corrected chi connectivity index (χ1v) is 10.3. The lowest BCUT2D eigenvalue weighted by molar-refractivity contribution is 0.301. The minimum Gasteiger partial charge on any atom is -0.487 e. The number of nitrogens with zero attached hydrogens (tertiary/aromatic N) is 1. The second-order valence-electron chi connectivity index (χ2n) is 5.26. The van der Waals surface area contributed by atoms with E-state index in [9.17, 15) is 0 Å². The van der Waals surface area contributed by atoms with Crippen molar-refractivity contribution in [1.82, 2.24) is 4.98 Å². The average molecular weight is 348 g/mol. The largest absolute Gasteiger partial charge is 0.487 e. The Morgan fingerprint density at radius 1 is 1.00 bits per heavy atom. The van der Waals surface area contributed by atoms with Crippen molar-refractivity contribution in [3.63, 3.8) is 0 Å². The Labute approximate surface area is 148 Å². The summed E-state index contributed by atoms with van der Waals surface area (Å²) in [6.45, 7) is 4.99. The molecule has 0 aliphatic rings. The van der Waals surface area contributed by atoms with Gasteiger partial charge in [0, 0.05) is 6.20 Å². The van der Waals surface area contributed by atoms with Gasteiger partial charge < -0.3 is 4.74 Å². The number of rotatable bonds is 10. The molecule has 2 aromatic rings. The van der Waals surface area contributed by atoms with Crippen molar-refractivity contribution in [3.8, 4) is 5.75 Å². The van der Waals surface area contributed by atoms with Gasteiger partial charge in [-0.05, 0) is 54.2 Å². The van der Waals surface area contributed by atoms with E-state index in [0.29, 0.717) is 11.2 Å². The van der Waals surface area contributed by atoms with Crippen LogP contribution in [0, 0.1) is 0 Å². The average Bonchev–Trinajstić information content (AvgIpc) is 2.61. The molecule has 0 aliphatic carbocycles. The number of pyridine rings is 1. The van der Waals surface area contributed by atoms with Crippen LogP contribution in [0.3, 0.4) is 0 Å². The maximum absolute atomic E-state index is 5.91. The third-order valence-corrected chi connectivity index (χ3v) is 6.44. The first kappa shape index (κ1) is 18.2. The summed E-state index contributed by atoms with van der Waals surface area (Å²) in [7, 11) is 0. The third kappa shape index (κ3) is 6.48. The molecule has 0 fully saturated rings. The van der Waals surface area contributed by atoms with E-state index in [-0.39, 0.29) is 0 Å². The van der Waals surface area contributed by atoms with Crippen LogP contribution in [0.25, 0.3) is 0 Å². The van der Waals surface area contributed by atoms with Gasteiger partial charge in [0.1, 0.15) is 12.4 Å². The fraction of sp³-hybridized carbons (Fsp3) is 0.421. The zero-order valence-corrected chi connectivity index (χ0v) is 15.5. The van der Waals surface area contributed by atoms with E-state index in [4.69, 9.17) is 4.74 Å². The Morgan fingerprint density at radius 2 is 1.78 bits per heavy atom. The highest BCUT2D eigenvalue weighted by molar-refractivity contribution is 8.16. The van der Waals surface area contributed by atoms with Gasteiger partial charge in [0.2, 0.25) is 0 Å². The standard InChI is InChI=1S/C19H25NOS2/c1-3-12-22-19(23-13-4-2)16-8-7-10-18(14-16)21-15-17-9-5-6-11-20-17/h5-11,14,19H,3-4,12-13,15H2,1-2H3. The third-order valence-electron chi connectivity index (χ3n) is 3.19. The second kappa shape index (κ2) is 10.6. The van der Waals surface area contributed by atoms with Crippen LogP contribution in [0.5, 0.6) is 5.75 Å². The van der Waals surface area contributed by atoms with Crippen LogP contribution >= 0.6 is 23.5 Å². The molecule has 0 radical (unpaired) electrons. The molecule has 1 heterocycles. The molecule has 4 heteroatoms. The van der Waals surface area contributed by atoms with Crippen LogP contribution in [-0.4, -0.2) is 16.5 Å². The number of thioether (sulfide) groups is 2. The van der Waals surface area contributed by atoms with Gasteiger partial charge in [-0.3, -0.25) is 4.98 Å². The molecular formula is C19H25NOS2. The number of hydrogen-bond donors (Lipinski definition) is 0. The van der Waals surface area contributed by atoms with Crippen LogP contribution in [0.1, 0.15) is 42.5 Å². The molecule has 0 spiro atoms. The fourth-order valence-corrected chi connectivity index (χ4v) is 4.62. The van der Waals surface area contributed by atoms with Gasteiger partial charge in [-0.25, -0.2) is 0 Å². The number of aromatic nitrogens is 1. The maximum atomic E-state index is 5.91. The summed E-state index contributed by atoms with van der Waals surface area (Å²) in [5, 5.41) is 0. The lowest BCUT2D eigenvalue weighted by atomic mass is 10.2. The molecule has 0 amide bonds. The summed E-state index contributed by atoms with van der Waals surface area (Å²) in [5.41, 5.74) is 2.30. The van der Waals surface area contributed by atoms with Crippen molar-refractivity contribution in [2.24, 2.45) is 0 Å². The molecule has 0 saturated carbocycles. The van der Waals surface area contributed by atoms with E-state index in [1.165, 1.54) is 29.9 Å². The van der Waals surface area contributed by atoms with E-state index in [0.717, 1.165) is 11.4 Å². The van der Waals surface area contributed by atoms with Gasteiger partial charge in [-0.1, -0.05) is 32.0 Å². The topological polar surface area (TPSA) is 22.1 Å². The minimum atomic E-state index is 0.494. The highest BCUT2D eigenvalue weighted by atomic mass is 32.2. The normalized spacial score (nSPS) is 10.9. The Hall–Kier alpha value is -1.13. The summed E-state index contributed by atoms with van der Waals surface area (Å²) in [6, 6.07) is 14.4. The number of hydrogen-bond acceptors (Lipinski definition) is 4. The fourth-order valence-electron chi connectivity index (χ4n) is 2.08. The summed E-state index contributed by atoms with van der Waals surface area (Å²) in [5.74, 6) is 3.31. The highest BCUT2D eigenvalue weighted by Crippen LogP contribution is 2.41. The Bertz CT molecular complexity index is 554. The van der Waals surface area contributed by atoms with E-state index >= 15 is 0 Å². The highest BCUT2D eigenvalue weighted by Gasteiger charge is 2.12. The van der Waals surface area contributed by atoms with Crippen molar-refractivity contribution < 1.29 is 4.74 Å². The molecule has 0 aliphatic heterocycles. The van der Waals surface area contributed by atoms with Gasteiger partial charge in [0.05, 0.1) is 10.3 Å². The van der Waals surface area contributed by atoms with Crippen LogP contribution in [0.2, 0.25) is 0 Å². The SMILES string of the molecule is CCCSC(SCCC)c1cccc(OCc2ccccn2)c1. The zero-order chi connectivity index (χ0) is 16.3. The quantitative estimate of drug-likeness (QED) is 0.495. The van der Waals surface area contributed by atoms with Gasteiger partial charge in [0.25, 0.3) is 0 Å². The summed E-state index contributed by atoms with van der Waals surface area (Å²) >= 11 is 4.07. The van der Waals surface area contributed by atoms with Gasteiger partial charge in [-0.15, -0.1) is 23.5 Å². The summed E-state index contributed by atoms with van der Waals surface area (Å²) in [4.78, 5) is 4.30. The van der Waals surface area contributed by atoms with Gasteiger partial charge in [0.15, 0.2) is 0 Å². The van der Waals surface area contributed by atoms with Gasteiger partial charge >= 0.3 is 0 Å². The minimum absolute atomic E-state index is 0.494. The maximum Gasteiger partial charge on any atom is 0.130 e. The summed E-state index contributed by atoms with van der Waals surface area (Å²) < 4.78 is 6.40. The Kier molecular flexibility index (Phi) is 8.40. The number of benzene rings is 1. The molecule has 0 saturated heterocycles. The van der Waals surface area contributed by atoms with E-state index < -0.39 is 0 Å². The Morgan fingerprint density at radius 3 is 2.43 bits per heavy atom. The number of ether oxygens (including phenoxy) is 1. The van der Waals surface area contributed by atoms with Crippen LogP contribution < -0.4 is 4.74 Å². The Balaban J connectivity index is 2.00. The lowest BCUT2D eigenvalue weighted by Crippen LogP contribution is -1.99. The van der Waals surface area contributed by atoms with E-state index in [1.807, 2.05) is 47.8 Å². The van der Waals surface area contributed by atoms with Crippen molar-refractivity contribution in [1.29, 1.82) is 0 Å². The monoisotopic (exact) mass is 347 g/mol. The molecule has 0 bridgehead atoms. The van der Waals surface area contributed by atoms with Crippen molar-refractivity contribution >= 4 is 23.5 Å². The van der Waals surface area contributed by atoms with Crippen LogP contribution in [0.4, 0.5) is 0 Å². The smallest absolute Gasteiger partial charge is 0.130 e. The molecule has 124 valence electrons. The molecule has 0 unspecified atom stereocenters. The first-order valence-electron chi connectivity index (χ1n) is 8.19. The van der Waals surface area contributed by atoms with Crippen LogP contribution in [0.15, 0.2) is 48.7 Å². The van der Waals surface area contributed by atoms with Crippen molar-refractivity contribution in [3.05, 3.63) is 59.9 Å². The first-order chi connectivity index (χ1) is 11.3. The van der Waals surface area contributed by atoms with Gasteiger partial charge in [-0.2, -0.15) is 0 Å². The van der Waals surface area contributed by atoms with Crippen molar-refractivity contribution in [2.45, 2.75) is 37.9 Å². The molecule has 1 aromatic heterocycles. The molecule has 23 heavy (non-hydrogen) atoms. The van der Waals surface area contributed by atoms with E-state index in [1.54, 1.807) is 6.20 Å². The van der Waals surface area contributed by atoms with E-state index in [2.05, 4.69) is 37.0 Å². The lowest BCUT2D eigenvalue weighted by Gasteiger charge is -2.17. The summed E-state index contributed by atoms with van der Waals surface area (Å²) in [6.07, 6.45) is 4.22. The van der Waals surface area contributed by atoms with Crippen molar-refractivity contribution in [2.75, 3.05) is 11.5 Å². The molecular weight excluding hydrogens is 322 g/mol. The predicted octanol–water partition coefficient (Wildman–Crippen LogP) is 5.95. The molecule has 0 atom stereocenters. The molecule has 2 nitrogen and oxygen atoms in total. The predicted molar refractivity (Wildman–Crippen MR) is 103 cm³/mol. The molecule has 1 aromatic carbocycles. The zero-order valence-electron chi connectivity index (χ0n) is 13.9. The second-order valence-corrected chi connectivity index (χ2v) is 7.98.